The number of aromatic nitrogens is 4. The molecule has 2 heterocycles. The average Bonchev–Trinajstić information content (AvgIpc) is 3.61. The van der Waals surface area contributed by atoms with Gasteiger partial charge in [-0.1, -0.05) is 72.9 Å². The Kier molecular flexibility index (Phi) is 8.42. The van der Waals surface area contributed by atoms with Gasteiger partial charge in [0.1, 0.15) is 11.6 Å². The van der Waals surface area contributed by atoms with Crippen molar-refractivity contribution >= 4 is 35.1 Å². The quantitative estimate of drug-likeness (QED) is 0.214. The van der Waals surface area contributed by atoms with Crippen molar-refractivity contribution in [1.29, 1.82) is 0 Å². The highest BCUT2D eigenvalue weighted by molar-refractivity contribution is 6.31. The fraction of sp³-hybridized carbons (Fsp3) is 0.419. The van der Waals surface area contributed by atoms with E-state index >= 15 is 4.39 Å². The summed E-state index contributed by atoms with van der Waals surface area (Å²) in [4.78, 5) is 18.2. The minimum Gasteiger partial charge on any atom is -0.402 e. The minimum atomic E-state index is -0.768. The van der Waals surface area contributed by atoms with Crippen LogP contribution in [0.25, 0.3) is 28.5 Å². The number of carbonyl (C=O) groups is 1. The number of nitrogens with zero attached hydrogens (tertiary/aromatic N) is 4. The molecule has 2 aromatic heterocycles. The fourth-order valence-corrected chi connectivity index (χ4v) is 7.16. The molecular formula is C31H32Cl2F2N6O2. The lowest BCUT2D eigenvalue weighted by molar-refractivity contribution is -0.120. The van der Waals surface area contributed by atoms with Gasteiger partial charge < -0.3 is 15.9 Å². The number of halogens is 4. The molecule has 1 unspecified atom stereocenters. The highest BCUT2D eigenvalue weighted by Crippen LogP contribution is 2.46. The molecule has 0 saturated heterocycles. The second-order valence-electron chi connectivity index (χ2n) is 11.5. The molecule has 43 heavy (non-hydrogen) atoms. The van der Waals surface area contributed by atoms with Gasteiger partial charge in [0.2, 0.25) is 5.91 Å². The number of amides is 1. The number of anilines is 1. The first-order chi connectivity index (χ1) is 20.7. The lowest BCUT2D eigenvalue weighted by Gasteiger charge is -2.31. The number of primary amides is 1. The summed E-state index contributed by atoms with van der Waals surface area (Å²) in [6, 6.07) is 7.16. The minimum absolute atomic E-state index is 0.00600. The Labute approximate surface area is 257 Å². The van der Waals surface area contributed by atoms with Crippen molar-refractivity contribution in [1.82, 2.24) is 19.7 Å². The van der Waals surface area contributed by atoms with Crippen LogP contribution in [0.1, 0.15) is 87.4 Å². The van der Waals surface area contributed by atoms with E-state index in [9.17, 15) is 9.18 Å². The second kappa shape index (κ2) is 12.2. The zero-order chi connectivity index (χ0) is 30.2. The topological polar surface area (TPSA) is 126 Å². The lowest BCUT2D eigenvalue weighted by atomic mass is 9.76. The standard InChI is InChI=1S/C31H32Cl2F2N6O2/c32-20-13-12-19(23(28(36)42)16-7-3-1-4-8-16)27(24(20)35)41-26(18-11-14-22(34)21(33)15-18)25(30-39-40-31(37)43-30)38-29(41)17-9-5-2-6-10-17/h11-17,23H,1-10H2,(H2,36,42)(H2,37,40). The van der Waals surface area contributed by atoms with Crippen LogP contribution in [0.2, 0.25) is 10.0 Å². The van der Waals surface area contributed by atoms with Crippen LogP contribution in [0.3, 0.4) is 0 Å². The molecule has 8 nitrogen and oxygen atoms in total. The van der Waals surface area contributed by atoms with Crippen molar-refractivity contribution in [2.24, 2.45) is 11.7 Å². The Morgan fingerprint density at radius 3 is 2.28 bits per heavy atom. The van der Waals surface area contributed by atoms with E-state index in [1.165, 1.54) is 24.3 Å². The summed E-state index contributed by atoms with van der Waals surface area (Å²) in [5.41, 5.74) is 13.3. The third-order valence-corrected chi connectivity index (χ3v) is 9.38. The third-order valence-electron chi connectivity index (χ3n) is 8.80. The van der Waals surface area contributed by atoms with Gasteiger partial charge in [-0.25, -0.2) is 13.8 Å². The van der Waals surface area contributed by atoms with E-state index in [1.54, 1.807) is 10.6 Å². The maximum Gasteiger partial charge on any atom is 0.313 e. The van der Waals surface area contributed by atoms with E-state index in [2.05, 4.69) is 10.2 Å². The van der Waals surface area contributed by atoms with Crippen molar-refractivity contribution < 1.29 is 18.0 Å². The summed E-state index contributed by atoms with van der Waals surface area (Å²) < 4.78 is 38.4. The Balaban J connectivity index is 1.71. The highest BCUT2D eigenvalue weighted by Gasteiger charge is 2.37. The number of imidazole rings is 1. The summed E-state index contributed by atoms with van der Waals surface area (Å²) in [5, 5.41) is 7.64. The first-order valence-electron chi connectivity index (χ1n) is 14.7. The van der Waals surface area contributed by atoms with Gasteiger partial charge in [-0.2, -0.15) is 0 Å². The number of hydrogen-bond donors (Lipinski definition) is 2. The number of nitrogens with two attached hydrogens (primary N) is 2. The van der Waals surface area contributed by atoms with Gasteiger partial charge in [-0.3, -0.25) is 9.36 Å². The molecule has 4 N–H and O–H groups in total. The molecule has 1 atom stereocenters. The van der Waals surface area contributed by atoms with Crippen LogP contribution in [0.4, 0.5) is 14.8 Å². The van der Waals surface area contributed by atoms with Crippen LogP contribution in [-0.4, -0.2) is 25.7 Å². The second-order valence-corrected chi connectivity index (χ2v) is 12.3. The summed E-state index contributed by atoms with van der Waals surface area (Å²) >= 11 is 12.7. The van der Waals surface area contributed by atoms with Crippen molar-refractivity contribution in [2.45, 2.75) is 76.0 Å². The molecule has 12 heteroatoms. The van der Waals surface area contributed by atoms with Crippen LogP contribution in [0, 0.1) is 17.6 Å². The lowest BCUT2D eigenvalue weighted by Crippen LogP contribution is -2.31. The maximum absolute atomic E-state index is 16.7. The molecule has 1 amide bonds. The number of rotatable bonds is 7. The van der Waals surface area contributed by atoms with Gasteiger partial charge in [0.05, 0.1) is 27.3 Å². The van der Waals surface area contributed by atoms with E-state index in [0.29, 0.717) is 22.6 Å². The smallest absolute Gasteiger partial charge is 0.313 e. The third kappa shape index (κ3) is 5.62. The number of nitrogen functional groups attached to an aromatic ring is 1. The molecule has 0 radical (unpaired) electrons. The molecule has 2 saturated carbocycles. The molecule has 226 valence electrons. The SMILES string of the molecule is NC(=O)C(c1ccc(Cl)c(F)c1-n1c(C2CCCCC2)nc(-c2nnc(N)o2)c1-c1ccc(F)c(Cl)c1)C1CCCCC1. The molecule has 2 aliphatic carbocycles. The Morgan fingerprint density at radius 1 is 0.953 bits per heavy atom. The summed E-state index contributed by atoms with van der Waals surface area (Å²) in [5.74, 6) is -2.23. The number of carbonyl (C=O) groups excluding carboxylic acids is 1. The molecule has 6 rings (SSSR count). The fourth-order valence-electron chi connectivity index (χ4n) is 6.83. The molecule has 4 aromatic rings. The normalized spacial score (nSPS) is 17.3. The van der Waals surface area contributed by atoms with Crippen LogP contribution in [0.15, 0.2) is 34.7 Å². The van der Waals surface area contributed by atoms with Crippen molar-refractivity contribution in [3.05, 3.63) is 63.4 Å². The van der Waals surface area contributed by atoms with Crippen LogP contribution >= 0.6 is 23.2 Å². The zero-order valence-corrected chi connectivity index (χ0v) is 25.0. The van der Waals surface area contributed by atoms with E-state index in [4.69, 9.17) is 44.1 Å². The van der Waals surface area contributed by atoms with Crippen molar-refractivity contribution in [2.75, 3.05) is 5.73 Å². The van der Waals surface area contributed by atoms with Gasteiger partial charge in [0.15, 0.2) is 11.5 Å². The average molecular weight is 630 g/mol. The molecule has 0 bridgehead atoms. The molecule has 0 spiro atoms. The number of benzene rings is 2. The van der Waals surface area contributed by atoms with Crippen LogP contribution < -0.4 is 11.5 Å². The van der Waals surface area contributed by atoms with Gasteiger partial charge in [-0.05, 0) is 61.4 Å². The predicted octanol–water partition coefficient (Wildman–Crippen LogP) is 7.95. The van der Waals surface area contributed by atoms with Crippen molar-refractivity contribution in [3.8, 4) is 28.5 Å². The predicted molar refractivity (Wildman–Crippen MR) is 161 cm³/mol. The van der Waals surface area contributed by atoms with Gasteiger partial charge in [-0.15, -0.1) is 5.10 Å². The molecule has 2 fully saturated rings. The first kappa shape index (κ1) is 29.6. The van der Waals surface area contributed by atoms with E-state index in [0.717, 1.165) is 64.2 Å². The molecule has 0 aliphatic heterocycles. The largest absolute Gasteiger partial charge is 0.402 e. The van der Waals surface area contributed by atoms with Crippen LogP contribution in [0.5, 0.6) is 0 Å². The Hall–Kier alpha value is -3.50. The maximum atomic E-state index is 16.7. The molecule has 2 aliphatic rings. The zero-order valence-electron chi connectivity index (χ0n) is 23.5. The van der Waals surface area contributed by atoms with Gasteiger partial charge >= 0.3 is 6.01 Å². The first-order valence-corrected chi connectivity index (χ1v) is 15.4. The highest BCUT2D eigenvalue weighted by atomic mass is 35.5. The van der Waals surface area contributed by atoms with Crippen molar-refractivity contribution in [3.63, 3.8) is 0 Å². The summed E-state index contributed by atoms with van der Waals surface area (Å²) in [6.07, 6.45) is 9.21. The van der Waals surface area contributed by atoms with Gasteiger partial charge in [0, 0.05) is 11.5 Å². The number of hydrogen-bond acceptors (Lipinski definition) is 6. The van der Waals surface area contributed by atoms with E-state index in [-0.39, 0.29) is 45.2 Å². The van der Waals surface area contributed by atoms with Gasteiger partial charge in [0.25, 0.3) is 5.89 Å². The Bertz CT molecular complexity index is 1660. The summed E-state index contributed by atoms with van der Waals surface area (Å²) in [6.45, 7) is 0. The van der Waals surface area contributed by atoms with Crippen LogP contribution in [-0.2, 0) is 4.79 Å². The van der Waals surface area contributed by atoms with E-state index < -0.39 is 23.5 Å². The summed E-state index contributed by atoms with van der Waals surface area (Å²) in [7, 11) is 0. The monoisotopic (exact) mass is 628 g/mol. The van der Waals surface area contributed by atoms with E-state index in [1.807, 2.05) is 0 Å². The molecular weight excluding hydrogens is 597 g/mol. The molecule has 2 aromatic carbocycles. The Morgan fingerprint density at radius 2 is 1.65 bits per heavy atom.